The maximum absolute atomic E-state index is 5.42. The summed E-state index contributed by atoms with van der Waals surface area (Å²) in [5.74, 6) is 3.36. The molecule has 3 rings (SSSR count). The minimum absolute atomic E-state index is 0.322. The monoisotopic (exact) mass is 316 g/mol. The van der Waals surface area contributed by atoms with E-state index in [-0.39, 0.29) is 0 Å². The Morgan fingerprint density at radius 1 is 1.00 bits per heavy atom. The van der Waals surface area contributed by atoms with Crippen LogP contribution in [-0.4, -0.2) is 27.6 Å². The fourth-order valence-electron chi connectivity index (χ4n) is 2.64. The summed E-state index contributed by atoms with van der Waals surface area (Å²) in [5.41, 5.74) is 2.42. The lowest BCUT2D eigenvalue weighted by Gasteiger charge is -2.09. The molecule has 1 aliphatic rings. The van der Waals surface area contributed by atoms with Gasteiger partial charge in [0, 0.05) is 18.1 Å². The lowest BCUT2D eigenvalue weighted by atomic mass is 10.1. The van der Waals surface area contributed by atoms with Crippen molar-refractivity contribution in [3.05, 3.63) is 47.5 Å². The Kier molecular flexibility index (Phi) is 4.88. The van der Waals surface area contributed by atoms with Gasteiger partial charge in [0.1, 0.15) is 18.0 Å². The molecule has 1 heterocycles. The highest BCUT2D eigenvalue weighted by molar-refractivity contribution is 5.44. The Hall–Kier alpha value is -2.40. The summed E-state index contributed by atoms with van der Waals surface area (Å²) in [6, 6.07) is 12.1. The van der Waals surface area contributed by atoms with Crippen LogP contribution in [0.3, 0.4) is 0 Å². The van der Waals surface area contributed by atoms with E-state index in [2.05, 4.69) is 23.5 Å². The van der Waals surface area contributed by atoms with Gasteiger partial charge in [-0.25, -0.2) is 0 Å². The number of hydrogen-bond donors (Lipinski definition) is 1. The van der Waals surface area contributed by atoms with Gasteiger partial charge in [0.25, 0.3) is 0 Å². The second kappa shape index (κ2) is 7.24. The summed E-state index contributed by atoms with van der Waals surface area (Å²) in [6.07, 6.45) is 0.981. The Bertz CT molecular complexity index is 672. The summed E-state index contributed by atoms with van der Waals surface area (Å²) < 4.78 is 21.4. The van der Waals surface area contributed by atoms with E-state index >= 15 is 0 Å². The predicted octanol–water partition coefficient (Wildman–Crippen LogP) is 1.74. The molecule has 2 N–H and O–H groups in total. The molecule has 0 radical (unpaired) electrons. The quantitative estimate of drug-likeness (QED) is 0.791. The van der Waals surface area contributed by atoms with Crippen LogP contribution in [0, 0.1) is 0 Å². The third-order valence-corrected chi connectivity index (χ3v) is 3.93. The number of fused-ring (bicyclic) bond motifs is 1. The van der Waals surface area contributed by atoms with Gasteiger partial charge in [0.2, 0.25) is 6.79 Å². The minimum Gasteiger partial charge on any atom is -0.497 e. The zero-order valence-corrected chi connectivity index (χ0v) is 13.5. The summed E-state index contributed by atoms with van der Waals surface area (Å²) >= 11 is 0. The summed E-state index contributed by atoms with van der Waals surface area (Å²) in [5, 5.41) is 2.27. The van der Waals surface area contributed by atoms with E-state index in [0.29, 0.717) is 6.79 Å². The van der Waals surface area contributed by atoms with Crippen LogP contribution in [0.4, 0.5) is 0 Å². The van der Waals surface area contributed by atoms with Crippen molar-refractivity contribution in [3.63, 3.8) is 0 Å². The number of nitrogens with two attached hydrogens (primary N) is 1. The third-order valence-electron chi connectivity index (χ3n) is 3.93. The lowest BCUT2D eigenvalue weighted by Crippen LogP contribution is -2.83. The van der Waals surface area contributed by atoms with Crippen molar-refractivity contribution in [2.24, 2.45) is 0 Å². The van der Waals surface area contributed by atoms with Crippen LogP contribution >= 0.6 is 0 Å². The molecule has 0 bridgehead atoms. The summed E-state index contributed by atoms with van der Waals surface area (Å²) in [6.45, 7) is 2.19. The van der Waals surface area contributed by atoms with Gasteiger partial charge in [-0.2, -0.15) is 0 Å². The van der Waals surface area contributed by atoms with E-state index in [1.165, 1.54) is 11.1 Å². The van der Waals surface area contributed by atoms with Gasteiger partial charge in [-0.05, 0) is 29.8 Å². The van der Waals surface area contributed by atoms with Gasteiger partial charge in [-0.15, -0.1) is 0 Å². The van der Waals surface area contributed by atoms with Gasteiger partial charge in [0.05, 0.1) is 20.8 Å². The molecule has 2 aromatic carbocycles. The van der Waals surface area contributed by atoms with Crippen LogP contribution in [0.2, 0.25) is 0 Å². The van der Waals surface area contributed by atoms with Gasteiger partial charge >= 0.3 is 0 Å². The second-order valence-electron chi connectivity index (χ2n) is 5.40. The van der Waals surface area contributed by atoms with Gasteiger partial charge < -0.3 is 24.3 Å². The van der Waals surface area contributed by atoms with Gasteiger partial charge in [-0.3, -0.25) is 0 Å². The van der Waals surface area contributed by atoms with E-state index < -0.39 is 0 Å². The molecule has 2 aromatic rings. The second-order valence-corrected chi connectivity index (χ2v) is 5.40. The minimum atomic E-state index is 0.322. The molecule has 122 valence electrons. The van der Waals surface area contributed by atoms with Crippen molar-refractivity contribution >= 4 is 0 Å². The molecule has 0 unspecified atom stereocenters. The molecule has 23 heavy (non-hydrogen) atoms. The van der Waals surface area contributed by atoms with Gasteiger partial charge in [-0.1, -0.05) is 6.07 Å². The molecule has 0 atom stereocenters. The summed E-state index contributed by atoms with van der Waals surface area (Å²) in [4.78, 5) is 0. The van der Waals surface area contributed by atoms with Crippen LogP contribution in [0.25, 0.3) is 0 Å². The first kappa shape index (κ1) is 15.5. The zero-order valence-electron chi connectivity index (χ0n) is 13.5. The molecule has 5 heteroatoms. The van der Waals surface area contributed by atoms with Crippen molar-refractivity contribution in [2.45, 2.75) is 13.0 Å². The Morgan fingerprint density at radius 2 is 1.87 bits per heavy atom. The molecule has 0 saturated heterocycles. The number of quaternary nitrogens is 1. The highest BCUT2D eigenvalue weighted by atomic mass is 16.7. The fraction of sp³-hybridized carbons (Fsp3) is 0.333. The number of hydrogen-bond acceptors (Lipinski definition) is 4. The molecule has 0 saturated carbocycles. The highest BCUT2D eigenvalue weighted by Gasteiger charge is 2.13. The molecule has 1 aliphatic heterocycles. The Morgan fingerprint density at radius 3 is 2.70 bits per heavy atom. The average molecular weight is 316 g/mol. The van der Waals surface area contributed by atoms with Crippen LogP contribution in [-0.2, 0) is 13.0 Å². The molecule has 5 nitrogen and oxygen atoms in total. The predicted molar refractivity (Wildman–Crippen MR) is 86.3 cm³/mol. The summed E-state index contributed by atoms with van der Waals surface area (Å²) in [7, 11) is 3.34. The number of rotatable bonds is 7. The van der Waals surface area contributed by atoms with Crippen molar-refractivity contribution in [1.29, 1.82) is 0 Å². The normalized spacial score (nSPS) is 12.3. The molecule has 0 fully saturated rings. The molecule has 0 aliphatic carbocycles. The maximum Gasteiger partial charge on any atom is 0.231 e. The van der Waals surface area contributed by atoms with Crippen LogP contribution in [0.5, 0.6) is 23.0 Å². The third kappa shape index (κ3) is 3.68. The topological polar surface area (TPSA) is 53.5 Å². The van der Waals surface area contributed by atoms with Crippen LogP contribution in [0.15, 0.2) is 36.4 Å². The van der Waals surface area contributed by atoms with Crippen LogP contribution in [0.1, 0.15) is 11.1 Å². The molecule has 0 aromatic heterocycles. The maximum atomic E-state index is 5.42. The average Bonchev–Trinajstić information content (AvgIpc) is 3.06. The van der Waals surface area contributed by atoms with E-state index in [0.717, 1.165) is 42.5 Å². The van der Waals surface area contributed by atoms with Crippen molar-refractivity contribution in [3.8, 4) is 23.0 Å². The molecular weight excluding hydrogens is 294 g/mol. The first-order valence-corrected chi connectivity index (χ1v) is 7.71. The largest absolute Gasteiger partial charge is 0.497 e. The van der Waals surface area contributed by atoms with E-state index in [9.17, 15) is 0 Å². The first-order valence-electron chi connectivity index (χ1n) is 7.71. The van der Waals surface area contributed by atoms with E-state index in [4.69, 9.17) is 18.9 Å². The van der Waals surface area contributed by atoms with Crippen LogP contribution < -0.4 is 24.3 Å². The van der Waals surface area contributed by atoms with E-state index in [1.807, 2.05) is 18.2 Å². The SMILES string of the molecule is COc1ccc(C[NH2+]CCc2ccc3c(c2)OCO3)c(OC)c1. The van der Waals surface area contributed by atoms with Crippen molar-refractivity contribution < 1.29 is 24.3 Å². The Labute approximate surface area is 136 Å². The standard InChI is InChI=1S/C18H21NO4/c1-20-15-5-4-14(17(10-15)21-2)11-19-8-7-13-3-6-16-18(9-13)23-12-22-16/h3-6,9-10,19H,7-8,11-12H2,1-2H3/p+1. The molecule has 0 spiro atoms. The number of ether oxygens (including phenoxy) is 4. The molecule has 0 amide bonds. The highest BCUT2D eigenvalue weighted by Crippen LogP contribution is 2.32. The smallest absolute Gasteiger partial charge is 0.231 e. The fourth-order valence-corrected chi connectivity index (χ4v) is 2.64. The molecular formula is C18H22NO4+. The lowest BCUT2D eigenvalue weighted by molar-refractivity contribution is -0.670. The van der Waals surface area contributed by atoms with Crippen molar-refractivity contribution in [1.82, 2.24) is 0 Å². The zero-order chi connectivity index (χ0) is 16.1. The number of methoxy groups -OCH3 is 2. The van der Waals surface area contributed by atoms with Crippen molar-refractivity contribution in [2.75, 3.05) is 27.6 Å². The first-order chi connectivity index (χ1) is 11.3. The Balaban J connectivity index is 1.52. The number of benzene rings is 2. The van der Waals surface area contributed by atoms with E-state index in [1.54, 1.807) is 14.2 Å². The van der Waals surface area contributed by atoms with Gasteiger partial charge in [0.15, 0.2) is 11.5 Å².